The molecular formula is C17H14BrClFNO5S. The van der Waals surface area contributed by atoms with Crippen molar-refractivity contribution in [3.8, 4) is 5.75 Å². The molecule has 27 heavy (non-hydrogen) atoms. The van der Waals surface area contributed by atoms with Gasteiger partial charge in [0.15, 0.2) is 0 Å². The molecule has 0 radical (unpaired) electrons. The summed E-state index contributed by atoms with van der Waals surface area (Å²) in [5, 5.41) is 0.195. The average Bonchev–Trinajstić information content (AvgIpc) is 2.65. The van der Waals surface area contributed by atoms with Gasteiger partial charge in [-0.15, -0.1) is 0 Å². The van der Waals surface area contributed by atoms with Crippen molar-refractivity contribution in [1.29, 1.82) is 0 Å². The molecule has 0 atom stereocenters. The van der Waals surface area contributed by atoms with Gasteiger partial charge in [-0.25, -0.2) is 17.6 Å². The van der Waals surface area contributed by atoms with Crippen LogP contribution in [-0.4, -0.2) is 45.0 Å². The molecule has 1 aliphatic heterocycles. The van der Waals surface area contributed by atoms with Crippen molar-refractivity contribution in [3.63, 3.8) is 0 Å². The highest BCUT2D eigenvalue weighted by atomic mass is 79.9. The normalized spacial score (nSPS) is 15.5. The van der Waals surface area contributed by atoms with E-state index >= 15 is 0 Å². The van der Waals surface area contributed by atoms with Gasteiger partial charge in [0, 0.05) is 17.6 Å². The highest BCUT2D eigenvalue weighted by Crippen LogP contribution is 2.29. The molecule has 1 heterocycles. The zero-order valence-corrected chi connectivity index (χ0v) is 17.0. The lowest BCUT2D eigenvalue weighted by molar-refractivity contribution is 0.0726. The van der Waals surface area contributed by atoms with E-state index in [1.54, 1.807) is 12.1 Å². The molecule has 0 bridgehead atoms. The van der Waals surface area contributed by atoms with Crippen LogP contribution in [0.15, 0.2) is 45.8 Å². The maximum Gasteiger partial charge on any atom is 0.343 e. The first-order chi connectivity index (χ1) is 12.8. The zero-order valence-electron chi connectivity index (χ0n) is 13.8. The molecule has 144 valence electrons. The van der Waals surface area contributed by atoms with Crippen LogP contribution in [0.1, 0.15) is 10.4 Å². The number of benzene rings is 2. The summed E-state index contributed by atoms with van der Waals surface area (Å²) < 4.78 is 51.7. The van der Waals surface area contributed by atoms with Crippen LogP contribution in [0.4, 0.5) is 4.39 Å². The molecule has 0 saturated carbocycles. The molecule has 0 N–H and O–H groups in total. The average molecular weight is 479 g/mol. The number of carbonyl (C=O) groups is 1. The lowest BCUT2D eigenvalue weighted by Crippen LogP contribution is -2.41. The minimum Gasteiger partial charge on any atom is -0.421 e. The van der Waals surface area contributed by atoms with E-state index in [0.29, 0.717) is 4.47 Å². The smallest absolute Gasteiger partial charge is 0.343 e. The summed E-state index contributed by atoms with van der Waals surface area (Å²) in [5.41, 5.74) is -0.109. The Bertz CT molecular complexity index is 979. The Hall–Kier alpha value is -1.52. The lowest BCUT2D eigenvalue weighted by atomic mass is 10.2. The molecule has 0 aliphatic carbocycles. The lowest BCUT2D eigenvalue weighted by Gasteiger charge is -2.26. The fourth-order valence-electron chi connectivity index (χ4n) is 2.47. The van der Waals surface area contributed by atoms with E-state index in [2.05, 4.69) is 15.9 Å². The summed E-state index contributed by atoms with van der Waals surface area (Å²) >= 11 is 9.25. The van der Waals surface area contributed by atoms with Crippen LogP contribution in [0.5, 0.6) is 5.75 Å². The van der Waals surface area contributed by atoms with E-state index in [-0.39, 0.29) is 42.6 Å². The van der Waals surface area contributed by atoms with Crippen molar-refractivity contribution in [2.45, 2.75) is 4.90 Å². The predicted octanol–water partition coefficient (Wildman–Crippen LogP) is 3.48. The Balaban J connectivity index is 1.89. The number of rotatable bonds is 4. The molecule has 0 unspecified atom stereocenters. The van der Waals surface area contributed by atoms with Gasteiger partial charge in [0.25, 0.3) is 0 Å². The molecule has 2 aromatic carbocycles. The van der Waals surface area contributed by atoms with Gasteiger partial charge >= 0.3 is 5.97 Å². The van der Waals surface area contributed by atoms with E-state index in [4.69, 9.17) is 21.1 Å². The maximum absolute atomic E-state index is 14.2. The van der Waals surface area contributed by atoms with Gasteiger partial charge in [0.05, 0.1) is 23.8 Å². The summed E-state index contributed by atoms with van der Waals surface area (Å²) in [6.07, 6.45) is 0. The fraction of sp³-hybridized carbons (Fsp3) is 0.235. The molecule has 0 spiro atoms. The Morgan fingerprint density at radius 1 is 1.19 bits per heavy atom. The minimum atomic E-state index is -4.10. The van der Waals surface area contributed by atoms with Crippen LogP contribution in [-0.2, 0) is 14.8 Å². The summed E-state index contributed by atoms with van der Waals surface area (Å²) in [6, 6.07) is 7.71. The number of morpholine rings is 1. The van der Waals surface area contributed by atoms with Gasteiger partial charge in [0.1, 0.15) is 16.5 Å². The maximum atomic E-state index is 14.2. The summed E-state index contributed by atoms with van der Waals surface area (Å²) in [7, 11) is -4.10. The topological polar surface area (TPSA) is 72.9 Å². The largest absolute Gasteiger partial charge is 0.421 e. The van der Waals surface area contributed by atoms with E-state index < -0.39 is 26.7 Å². The van der Waals surface area contributed by atoms with Crippen LogP contribution in [0, 0.1) is 5.82 Å². The van der Waals surface area contributed by atoms with E-state index in [9.17, 15) is 17.6 Å². The van der Waals surface area contributed by atoms with E-state index in [1.807, 2.05) is 0 Å². The number of nitrogens with zero attached hydrogens (tertiary/aromatic N) is 1. The second-order valence-electron chi connectivity index (χ2n) is 5.63. The molecule has 0 amide bonds. The number of sulfonamides is 1. The SMILES string of the molecule is O=C(Oc1ccc(Br)cc1Cl)c1ccc(F)c(S(=O)(=O)N2CCOCC2)c1. The van der Waals surface area contributed by atoms with Crippen LogP contribution in [0.2, 0.25) is 5.02 Å². The quantitative estimate of drug-likeness (QED) is 0.497. The van der Waals surface area contributed by atoms with Crippen molar-refractivity contribution in [1.82, 2.24) is 4.31 Å². The first-order valence-electron chi connectivity index (χ1n) is 7.84. The second-order valence-corrected chi connectivity index (χ2v) is 8.86. The van der Waals surface area contributed by atoms with Crippen LogP contribution < -0.4 is 4.74 Å². The molecule has 10 heteroatoms. The number of carbonyl (C=O) groups excluding carboxylic acids is 1. The first kappa shape index (κ1) is 20.2. The highest BCUT2D eigenvalue weighted by Gasteiger charge is 2.30. The Morgan fingerprint density at radius 3 is 2.56 bits per heavy atom. The third kappa shape index (κ3) is 4.49. The number of hydrogen-bond donors (Lipinski definition) is 0. The van der Waals surface area contributed by atoms with E-state index in [1.165, 1.54) is 6.07 Å². The number of halogens is 3. The fourth-order valence-corrected chi connectivity index (χ4v) is 4.68. The summed E-state index contributed by atoms with van der Waals surface area (Å²) in [6.45, 7) is 0.686. The van der Waals surface area contributed by atoms with Crippen molar-refractivity contribution >= 4 is 43.5 Å². The second kappa shape index (κ2) is 8.24. The van der Waals surface area contributed by atoms with Crippen molar-refractivity contribution in [2.24, 2.45) is 0 Å². The molecular weight excluding hydrogens is 465 g/mol. The van der Waals surface area contributed by atoms with Gasteiger partial charge in [-0.1, -0.05) is 27.5 Å². The molecule has 1 fully saturated rings. The summed E-state index contributed by atoms with van der Waals surface area (Å²) in [5.74, 6) is -1.69. The van der Waals surface area contributed by atoms with Crippen LogP contribution in [0.3, 0.4) is 0 Å². The van der Waals surface area contributed by atoms with Crippen LogP contribution >= 0.6 is 27.5 Å². The minimum absolute atomic E-state index is 0.103. The summed E-state index contributed by atoms with van der Waals surface area (Å²) in [4.78, 5) is 11.8. The molecule has 2 aromatic rings. The zero-order chi connectivity index (χ0) is 19.6. The first-order valence-corrected chi connectivity index (χ1v) is 10.4. The van der Waals surface area contributed by atoms with E-state index in [0.717, 1.165) is 22.5 Å². The number of ether oxygens (including phenoxy) is 2. The standard InChI is InChI=1S/C17H14BrClFNO5S/c18-12-2-4-15(13(19)10-12)26-17(22)11-1-3-14(20)16(9-11)27(23,24)21-5-7-25-8-6-21/h1-4,9-10H,5-8H2. The predicted molar refractivity (Wildman–Crippen MR) is 100 cm³/mol. The molecule has 1 saturated heterocycles. The molecule has 6 nitrogen and oxygen atoms in total. The van der Waals surface area contributed by atoms with Crippen molar-refractivity contribution in [3.05, 3.63) is 57.3 Å². The van der Waals surface area contributed by atoms with Crippen molar-refractivity contribution in [2.75, 3.05) is 26.3 Å². The third-order valence-electron chi connectivity index (χ3n) is 3.85. The monoisotopic (exact) mass is 477 g/mol. The Kier molecular flexibility index (Phi) is 6.17. The van der Waals surface area contributed by atoms with Gasteiger partial charge in [-0.3, -0.25) is 0 Å². The van der Waals surface area contributed by atoms with Crippen molar-refractivity contribution < 1.29 is 27.1 Å². The van der Waals surface area contributed by atoms with Gasteiger partial charge in [-0.2, -0.15) is 4.31 Å². The Labute approximate surface area is 169 Å². The Morgan fingerprint density at radius 2 is 1.89 bits per heavy atom. The highest BCUT2D eigenvalue weighted by molar-refractivity contribution is 9.10. The molecule has 1 aliphatic rings. The number of esters is 1. The van der Waals surface area contributed by atoms with Gasteiger partial charge < -0.3 is 9.47 Å². The van der Waals surface area contributed by atoms with Gasteiger partial charge in [-0.05, 0) is 36.4 Å². The van der Waals surface area contributed by atoms with Gasteiger partial charge in [0.2, 0.25) is 10.0 Å². The molecule has 0 aromatic heterocycles. The number of hydrogen-bond acceptors (Lipinski definition) is 5. The van der Waals surface area contributed by atoms with Crippen LogP contribution in [0.25, 0.3) is 0 Å². The molecule has 3 rings (SSSR count). The third-order valence-corrected chi connectivity index (χ3v) is 6.55.